The topological polar surface area (TPSA) is 103 Å². The van der Waals surface area contributed by atoms with Gasteiger partial charge in [-0.3, -0.25) is 9.78 Å². The molecule has 2 N–H and O–H groups in total. The Hall–Kier alpha value is -4.18. The van der Waals surface area contributed by atoms with Crippen molar-refractivity contribution >= 4 is 12.2 Å². The van der Waals surface area contributed by atoms with E-state index >= 15 is 0 Å². The number of hydrazone groups is 1. The maximum atomic E-state index is 12.2. The summed E-state index contributed by atoms with van der Waals surface area (Å²) in [7, 11) is 0. The smallest absolute Gasteiger partial charge is 0.270 e. The number of nitrogens with zero attached hydrogens (tertiary/aromatic N) is 3. The van der Waals surface area contributed by atoms with Crippen LogP contribution in [-0.2, 0) is 0 Å². The van der Waals surface area contributed by atoms with E-state index in [1.54, 1.807) is 18.3 Å². The van der Waals surface area contributed by atoms with E-state index in [0.717, 1.165) is 11.1 Å². The van der Waals surface area contributed by atoms with E-state index in [9.17, 15) is 10.1 Å². The molecule has 0 fully saturated rings. The van der Waals surface area contributed by atoms with Gasteiger partial charge in [-0.25, -0.2) is 10.4 Å². The summed E-state index contributed by atoms with van der Waals surface area (Å²) in [6, 6.07) is 18.3. The highest BCUT2D eigenvalue weighted by molar-refractivity contribution is 5.80. The van der Waals surface area contributed by atoms with E-state index in [-0.39, 0.29) is 11.5 Å². The number of nitrogens with one attached hydrogen (secondary N) is 2. The van der Waals surface area contributed by atoms with Crippen molar-refractivity contribution in [1.29, 1.82) is 5.26 Å². The van der Waals surface area contributed by atoms with Crippen molar-refractivity contribution in [2.45, 2.75) is 6.92 Å². The third kappa shape index (κ3) is 5.17. The molecule has 0 unspecified atom stereocenters. The van der Waals surface area contributed by atoms with E-state index in [2.05, 4.69) is 27.1 Å². The quantitative estimate of drug-likeness (QED) is 0.367. The highest BCUT2D eigenvalue weighted by Gasteiger charge is 2.12. The van der Waals surface area contributed by atoms with Crippen molar-refractivity contribution in [2.24, 2.45) is 5.10 Å². The molecule has 3 aromatic rings. The minimum absolute atomic E-state index is 0.0481. The molecule has 0 bridgehead atoms. The van der Waals surface area contributed by atoms with Gasteiger partial charge >= 0.3 is 0 Å². The Balaban J connectivity index is 1.80. The molecule has 2 aromatic carbocycles. The molecule has 3 rings (SSSR count). The Bertz CT molecular complexity index is 1140. The number of benzene rings is 2. The van der Waals surface area contributed by atoms with E-state index in [0.29, 0.717) is 23.6 Å². The zero-order chi connectivity index (χ0) is 20.6. The molecule has 0 spiro atoms. The van der Waals surface area contributed by atoms with Crippen LogP contribution in [-0.4, -0.2) is 22.8 Å². The van der Waals surface area contributed by atoms with Crippen LogP contribution < -0.4 is 15.7 Å². The van der Waals surface area contributed by atoms with Crippen LogP contribution in [0.2, 0.25) is 0 Å². The molecule has 0 aliphatic carbocycles. The summed E-state index contributed by atoms with van der Waals surface area (Å²) in [5.74, 6) is 0.840. The fraction of sp³-hybridized carbons (Fsp3) is 0.0909. The standard InChI is InChI=1S/C22H19N5O2/c1-15(2)14-29-18-10-6-7-16(11-18)13-24-27-22-25-20(17-8-4-3-5-9-17)19(12-23)21(28)26-22/h3-11,13H,1,14H2,2H3,(H2,25,26,27,28). The second-order valence-electron chi connectivity index (χ2n) is 6.30. The van der Waals surface area contributed by atoms with Gasteiger partial charge in [-0.05, 0) is 30.2 Å². The van der Waals surface area contributed by atoms with Crippen molar-refractivity contribution in [3.05, 3.63) is 88.2 Å². The number of hydrogen-bond donors (Lipinski definition) is 2. The first-order chi connectivity index (χ1) is 14.1. The van der Waals surface area contributed by atoms with Crippen LogP contribution in [0.4, 0.5) is 5.95 Å². The molecule has 1 heterocycles. The Morgan fingerprint density at radius 2 is 2.10 bits per heavy atom. The number of ether oxygens (including phenoxy) is 1. The van der Waals surface area contributed by atoms with Crippen LogP contribution in [0.15, 0.2) is 76.6 Å². The molecule has 0 atom stereocenters. The van der Waals surface area contributed by atoms with Gasteiger partial charge in [0.2, 0.25) is 5.95 Å². The largest absolute Gasteiger partial charge is 0.489 e. The average Bonchev–Trinajstić information content (AvgIpc) is 2.73. The monoisotopic (exact) mass is 385 g/mol. The van der Waals surface area contributed by atoms with E-state index in [4.69, 9.17) is 4.74 Å². The van der Waals surface area contributed by atoms with Crippen LogP contribution in [0, 0.1) is 11.3 Å². The summed E-state index contributed by atoms with van der Waals surface area (Å²) >= 11 is 0. The molecule has 0 aliphatic rings. The summed E-state index contributed by atoms with van der Waals surface area (Å²) in [5.41, 5.74) is 4.82. The minimum atomic E-state index is -0.533. The summed E-state index contributed by atoms with van der Waals surface area (Å²) < 4.78 is 5.61. The molecular formula is C22H19N5O2. The lowest BCUT2D eigenvalue weighted by atomic mass is 10.1. The summed E-state index contributed by atoms with van der Waals surface area (Å²) in [6.45, 7) is 6.14. The highest BCUT2D eigenvalue weighted by atomic mass is 16.5. The number of aromatic amines is 1. The number of hydrogen-bond acceptors (Lipinski definition) is 6. The molecule has 7 nitrogen and oxygen atoms in total. The van der Waals surface area contributed by atoms with Crippen LogP contribution in [0.1, 0.15) is 18.1 Å². The fourth-order valence-corrected chi connectivity index (χ4v) is 2.49. The molecule has 0 saturated heterocycles. The molecule has 0 aliphatic heterocycles. The predicted octanol–water partition coefficient (Wildman–Crippen LogP) is 3.71. The van der Waals surface area contributed by atoms with Gasteiger partial charge in [0.25, 0.3) is 5.56 Å². The molecule has 0 radical (unpaired) electrons. The highest BCUT2D eigenvalue weighted by Crippen LogP contribution is 2.19. The Morgan fingerprint density at radius 3 is 2.83 bits per heavy atom. The van der Waals surface area contributed by atoms with Crippen molar-refractivity contribution in [2.75, 3.05) is 12.0 Å². The lowest BCUT2D eigenvalue weighted by Crippen LogP contribution is -2.16. The lowest BCUT2D eigenvalue weighted by Gasteiger charge is -2.07. The summed E-state index contributed by atoms with van der Waals surface area (Å²) in [5, 5.41) is 13.4. The summed E-state index contributed by atoms with van der Waals surface area (Å²) in [6.07, 6.45) is 1.58. The molecule has 7 heteroatoms. The predicted molar refractivity (Wildman–Crippen MR) is 113 cm³/mol. The third-order valence-electron chi connectivity index (χ3n) is 3.81. The fourth-order valence-electron chi connectivity index (χ4n) is 2.49. The van der Waals surface area contributed by atoms with E-state index in [1.165, 1.54) is 0 Å². The number of nitriles is 1. The van der Waals surface area contributed by atoms with Gasteiger partial charge in [0, 0.05) is 5.56 Å². The lowest BCUT2D eigenvalue weighted by molar-refractivity contribution is 0.352. The zero-order valence-corrected chi connectivity index (χ0v) is 15.8. The molecule has 144 valence electrons. The Morgan fingerprint density at radius 1 is 1.31 bits per heavy atom. The van der Waals surface area contributed by atoms with E-state index in [1.807, 2.05) is 55.5 Å². The van der Waals surface area contributed by atoms with Crippen LogP contribution in [0.3, 0.4) is 0 Å². The van der Waals surface area contributed by atoms with Crippen LogP contribution in [0.25, 0.3) is 11.3 Å². The number of aromatic nitrogens is 2. The van der Waals surface area contributed by atoms with Crippen LogP contribution >= 0.6 is 0 Å². The molecule has 0 amide bonds. The Labute approximate surface area is 168 Å². The van der Waals surface area contributed by atoms with Crippen molar-refractivity contribution in [3.63, 3.8) is 0 Å². The maximum Gasteiger partial charge on any atom is 0.270 e. The zero-order valence-electron chi connectivity index (χ0n) is 15.8. The number of H-pyrrole nitrogens is 1. The van der Waals surface area contributed by atoms with Gasteiger partial charge in [-0.2, -0.15) is 10.4 Å². The van der Waals surface area contributed by atoms with Gasteiger partial charge < -0.3 is 4.74 Å². The first-order valence-corrected chi connectivity index (χ1v) is 8.83. The average molecular weight is 385 g/mol. The first-order valence-electron chi connectivity index (χ1n) is 8.83. The SMILES string of the molecule is C=C(C)COc1cccc(C=NNc2nc(-c3ccccc3)c(C#N)c(=O)[nH]2)c1. The van der Waals surface area contributed by atoms with Gasteiger partial charge in [0.15, 0.2) is 0 Å². The van der Waals surface area contributed by atoms with Crippen molar-refractivity contribution in [3.8, 4) is 23.1 Å². The molecule has 1 aromatic heterocycles. The Kier molecular flexibility index (Phi) is 6.18. The maximum absolute atomic E-state index is 12.2. The molecule has 29 heavy (non-hydrogen) atoms. The first kappa shape index (κ1) is 19.6. The van der Waals surface area contributed by atoms with Crippen molar-refractivity contribution in [1.82, 2.24) is 9.97 Å². The van der Waals surface area contributed by atoms with Gasteiger partial charge in [0.05, 0.1) is 11.9 Å². The van der Waals surface area contributed by atoms with Gasteiger partial charge in [-0.1, -0.05) is 49.0 Å². The normalized spacial score (nSPS) is 10.5. The number of anilines is 1. The molecular weight excluding hydrogens is 366 g/mol. The van der Waals surface area contributed by atoms with Crippen LogP contribution in [0.5, 0.6) is 5.75 Å². The van der Waals surface area contributed by atoms with E-state index < -0.39 is 5.56 Å². The van der Waals surface area contributed by atoms with Crippen molar-refractivity contribution < 1.29 is 4.74 Å². The third-order valence-corrected chi connectivity index (χ3v) is 3.81. The number of rotatable bonds is 7. The second kappa shape index (κ2) is 9.15. The molecule has 0 saturated carbocycles. The van der Waals surface area contributed by atoms with Gasteiger partial charge in [0.1, 0.15) is 24.0 Å². The second-order valence-corrected chi connectivity index (χ2v) is 6.30. The summed E-state index contributed by atoms with van der Waals surface area (Å²) in [4.78, 5) is 19.1. The van der Waals surface area contributed by atoms with Gasteiger partial charge in [-0.15, -0.1) is 0 Å². The minimum Gasteiger partial charge on any atom is -0.489 e.